The molecule has 0 aromatic heterocycles. The Hall–Kier alpha value is -4.05. The van der Waals surface area contributed by atoms with Gasteiger partial charge < -0.3 is 9.45 Å². The fraction of sp³-hybridized carbons (Fsp3) is 0.0303. The third-order valence-electron chi connectivity index (χ3n) is 7.24. The van der Waals surface area contributed by atoms with Gasteiger partial charge in [0.15, 0.2) is 9.79 Å². The molecule has 0 fully saturated rings. The topological polar surface area (TPSA) is 26.3 Å². The Kier molecular flexibility index (Phi) is 4.88. The van der Waals surface area contributed by atoms with Gasteiger partial charge in [-0.2, -0.15) is 0 Å². The third kappa shape index (κ3) is 3.25. The van der Waals surface area contributed by atoms with Crippen molar-refractivity contribution in [3.63, 3.8) is 0 Å². The zero-order valence-electron chi connectivity index (χ0n) is 19.8. The highest BCUT2D eigenvalue weighted by molar-refractivity contribution is 7.92. The number of rotatable bonds is 2. The monoisotopic (exact) mass is 481 g/mol. The predicted molar refractivity (Wildman–Crippen MR) is 152 cm³/mol. The molecule has 6 aromatic carbocycles. The van der Waals surface area contributed by atoms with Crippen molar-refractivity contribution in [2.45, 2.75) is 9.79 Å². The van der Waals surface area contributed by atoms with Gasteiger partial charge in [0, 0.05) is 30.4 Å². The Morgan fingerprint density at radius 2 is 0.972 bits per heavy atom. The minimum Gasteiger partial charge on any atom is -0.606 e. The van der Waals surface area contributed by atoms with Crippen LogP contribution < -0.4 is 4.90 Å². The number of anilines is 2. The van der Waals surface area contributed by atoms with Crippen molar-refractivity contribution in [3.8, 4) is 22.3 Å². The molecule has 0 saturated carbocycles. The van der Waals surface area contributed by atoms with Crippen LogP contribution in [0.3, 0.4) is 0 Å². The van der Waals surface area contributed by atoms with E-state index in [0.717, 1.165) is 43.4 Å². The molecule has 6 aromatic rings. The summed E-state index contributed by atoms with van der Waals surface area (Å²) in [6, 6.07) is 42.3. The molecule has 1 aliphatic rings. The zero-order chi connectivity index (χ0) is 24.2. The second-order valence-electron chi connectivity index (χ2n) is 9.25. The van der Waals surface area contributed by atoms with Gasteiger partial charge in [-0.1, -0.05) is 97.1 Å². The number of benzene rings is 6. The highest BCUT2D eigenvalue weighted by atomic mass is 32.2. The third-order valence-corrected chi connectivity index (χ3v) is 8.70. The summed E-state index contributed by atoms with van der Waals surface area (Å²) in [5, 5.41) is 4.81. The van der Waals surface area contributed by atoms with Gasteiger partial charge in [0.25, 0.3) is 0 Å². The van der Waals surface area contributed by atoms with E-state index in [2.05, 4.69) is 133 Å². The molecule has 0 atom stereocenters. The fourth-order valence-corrected chi connectivity index (χ4v) is 6.91. The molecule has 172 valence electrons. The number of hydrogen-bond donors (Lipinski definition) is 0. The van der Waals surface area contributed by atoms with Crippen LogP contribution in [-0.4, -0.2) is 11.6 Å². The lowest BCUT2D eigenvalue weighted by Gasteiger charge is -2.30. The first kappa shape index (κ1) is 21.3. The lowest BCUT2D eigenvalue weighted by atomic mass is 9.97. The van der Waals surface area contributed by atoms with Gasteiger partial charge in [0.1, 0.15) is 0 Å². The van der Waals surface area contributed by atoms with Crippen LogP contribution in [0.15, 0.2) is 131 Å². The average Bonchev–Trinajstić information content (AvgIpc) is 2.95. The minimum absolute atomic E-state index is 0.852. The summed E-state index contributed by atoms with van der Waals surface area (Å²) in [5.41, 5.74) is 6.46. The van der Waals surface area contributed by atoms with Crippen molar-refractivity contribution in [1.29, 1.82) is 0 Å². The van der Waals surface area contributed by atoms with E-state index in [9.17, 15) is 4.55 Å². The molecule has 3 heteroatoms. The standard InChI is InChI=1S/C33H23NOS/c1-34-30-18-16-24(28-14-6-10-22-8-2-4-12-26(22)28)20-32(30)36(35)33-21-25(17-19-31(33)34)29-15-7-11-23-9-3-5-13-27(23)29/h2-21H,1H3. The van der Waals surface area contributed by atoms with Crippen molar-refractivity contribution in [3.05, 3.63) is 121 Å². The predicted octanol–water partition coefficient (Wildman–Crippen LogP) is 8.58. The first-order chi connectivity index (χ1) is 17.7. The first-order valence-electron chi connectivity index (χ1n) is 12.1. The van der Waals surface area contributed by atoms with E-state index in [1.54, 1.807) is 0 Å². The molecule has 1 aliphatic heterocycles. The maximum absolute atomic E-state index is 14.0. The van der Waals surface area contributed by atoms with Crippen LogP contribution in [0.5, 0.6) is 0 Å². The maximum Gasteiger partial charge on any atom is 0.182 e. The lowest BCUT2D eigenvalue weighted by molar-refractivity contribution is 0.593. The fourth-order valence-electron chi connectivity index (χ4n) is 5.42. The Morgan fingerprint density at radius 3 is 1.47 bits per heavy atom. The quantitative estimate of drug-likeness (QED) is 0.232. The van der Waals surface area contributed by atoms with Crippen LogP contribution >= 0.6 is 0 Å². The van der Waals surface area contributed by atoms with E-state index >= 15 is 0 Å². The van der Waals surface area contributed by atoms with Gasteiger partial charge in [0.05, 0.1) is 11.4 Å². The normalized spacial score (nSPS) is 13.1. The minimum atomic E-state index is -1.29. The Balaban J connectivity index is 1.37. The van der Waals surface area contributed by atoms with Crippen molar-refractivity contribution >= 4 is 44.1 Å². The molecule has 7 rings (SSSR count). The average molecular weight is 482 g/mol. The molecule has 1 heterocycles. The van der Waals surface area contributed by atoms with Crippen molar-refractivity contribution in [2.75, 3.05) is 11.9 Å². The molecular weight excluding hydrogens is 458 g/mol. The SMILES string of the molecule is CN1c2ccc(-c3cccc4ccccc34)cc2[S+]([O-])c2cc(-c3cccc4ccccc34)ccc21. The van der Waals surface area contributed by atoms with Gasteiger partial charge in [-0.05, 0) is 55.9 Å². The summed E-state index contributed by atoms with van der Waals surface area (Å²) < 4.78 is 14.0. The van der Waals surface area contributed by atoms with Gasteiger partial charge in [-0.3, -0.25) is 0 Å². The van der Waals surface area contributed by atoms with Crippen molar-refractivity contribution < 1.29 is 4.55 Å². The zero-order valence-corrected chi connectivity index (χ0v) is 20.6. The van der Waals surface area contributed by atoms with Crippen LogP contribution in [0.4, 0.5) is 11.4 Å². The summed E-state index contributed by atoms with van der Waals surface area (Å²) in [5.74, 6) is 0. The number of fused-ring (bicyclic) bond motifs is 4. The largest absolute Gasteiger partial charge is 0.606 e. The second-order valence-corrected chi connectivity index (χ2v) is 10.7. The van der Waals surface area contributed by atoms with Crippen LogP contribution in [0, 0.1) is 0 Å². The molecule has 0 radical (unpaired) electrons. The van der Waals surface area contributed by atoms with Gasteiger partial charge in [-0.25, -0.2) is 0 Å². The molecule has 0 bridgehead atoms. The molecule has 36 heavy (non-hydrogen) atoms. The van der Waals surface area contributed by atoms with Gasteiger partial charge >= 0.3 is 0 Å². The smallest absolute Gasteiger partial charge is 0.182 e. The first-order valence-corrected chi connectivity index (χ1v) is 13.2. The molecule has 0 unspecified atom stereocenters. The number of hydrogen-bond acceptors (Lipinski definition) is 2. The van der Waals surface area contributed by atoms with Crippen LogP contribution in [-0.2, 0) is 11.2 Å². The van der Waals surface area contributed by atoms with E-state index in [1.807, 2.05) is 0 Å². The van der Waals surface area contributed by atoms with Crippen LogP contribution in [0.25, 0.3) is 43.8 Å². The molecule has 0 spiro atoms. The lowest BCUT2D eigenvalue weighted by Crippen LogP contribution is -2.22. The molecule has 2 nitrogen and oxygen atoms in total. The summed E-state index contributed by atoms with van der Waals surface area (Å²) in [7, 11) is 2.06. The van der Waals surface area contributed by atoms with E-state index in [1.165, 1.54) is 21.5 Å². The molecule has 0 N–H and O–H groups in total. The maximum atomic E-state index is 14.0. The highest BCUT2D eigenvalue weighted by Crippen LogP contribution is 2.46. The van der Waals surface area contributed by atoms with Gasteiger partial charge in [0.2, 0.25) is 0 Å². The van der Waals surface area contributed by atoms with Crippen molar-refractivity contribution in [2.24, 2.45) is 0 Å². The molecule has 0 saturated heterocycles. The Bertz CT molecular complexity index is 1650. The summed E-state index contributed by atoms with van der Waals surface area (Å²) >= 11 is -1.29. The van der Waals surface area contributed by atoms with Gasteiger partial charge in [-0.15, -0.1) is 0 Å². The molecule has 0 amide bonds. The van der Waals surface area contributed by atoms with E-state index in [4.69, 9.17) is 0 Å². The number of nitrogens with zero attached hydrogens (tertiary/aromatic N) is 1. The Morgan fingerprint density at radius 1 is 0.528 bits per heavy atom. The molecular formula is C33H23NOS. The molecule has 0 aliphatic carbocycles. The van der Waals surface area contributed by atoms with E-state index in [-0.39, 0.29) is 0 Å². The van der Waals surface area contributed by atoms with Crippen LogP contribution in [0.2, 0.25) is 0 Å². The summed E-state index contributed by atoms with van der Waals surface area (Å²) in [4.78, 5) is 3.86. The second kappa shape index (κ2) is 8.27. The van der Waals surface area contributed by atoms with E-state index in [0.29, 0.717) is 0 Å². The highest BCUT2D eigenvalue weighted by Gasteiger charge is 2.33. The van der Waals surface area contributed by atoms with E-state index < -0.39 is 11.2 Å². The Labute approximate surface area is 213 Å². The summed E-state index contributed by atoms with van der Waals surface area (Å²) in [6.07, 6.45) is 0. The summed E-state index contributed by atoms with van der Waals surface area (Å²) in [6.45, 7) is 0. The van der Waals surface area contributed by atoms with Crippen LogP contribution in [0.1, 0.15) is 0 Å². The van der Waals surface area contributed by atoms with Crippen molar-refractivity contribution in [1.82, 2.24) is 0 Å².